The van der Waals surface area contributed by atoms with Gasteiger partial charge in [0.15, 0.2) is 0 Å². The fourth-order valence-corrected chi connectivity index (χ4v) is 3.31. The van der Waals surface area contributed by atoms with Gasteiger partial charge in [-0.05, 0) is 36.5 Å². The molecule has 0 amide bonds. The van der Waals surface area contributed by atoms with Crippen LogP contribution in [0.1, 0.15) is 40.5 Å². The number of esters is 1. The average molecular weight is 210 g/mol. The predicted octanol–water partition coefficient (Wildman–Crippen LogP) is 2.87. The van der Waals surface area contributed by atoms with Gasteiger partial charge in [0.1, 0.15) is 6.10 Å². The summed E-state index contributed by atoms with van der Waals surface area (Å²) in [5, 5.41) is 0. The summed E-state index contributed by atoms with van der Waals surface area (Å²) in [6.45, 7) is 8.95. The third kappa shape index (κ3) is 1.79. The van der Waals surface area contributed by atoms with Gasteiger partial charge in [-0.3, -0.25) is 4.79 Å². The zero-order chi connectivity index (χ0) is 11.2. The van der Waals surface area contributed by atoms with Crippen LogP contribution in [-0.4, -0.2) is 12.1 Å². The predicted molar refractivity (Wildman–Crippen MR) is 59.3 cm³/mol. The van der Waals surface area contributed by atoms with Crippen molar-refractivity contribution in [3.05, 3.63) is 0 Å². The van der Waals surface area contributed by atoms with Crippen LogP contribution in [0.4, 0.5) is 0 Å². The maximum atomic E-state index is 11.7. The molecule has 2 aliphatic rings. The standard InChI is InChI=1S/C13H22O2/c1-7(2)9-5-10(8(3)4)12-6-11(9)13(14)15-12/h7-12H,5-6H2,1-4H3. The topological polar surface area (TPSA) is 26.3 Å². The quantitative estimate of drug-likeness (QED) is 0.655. The maximum Gasteiger partial charge on any atom is 0.309 e. The van der Waals surface area contributed by atoms with Gasteiger partial charge in [-0.25, -0.2) is 0 Å². The van der Waals surface area contributed by atoms with E-state index in [2.05, 4.69) is 27.7 Å². The first-order valence-corrected chi connectivity index (χ1v) is 6.21. The molecule has 2 bridgehead atoms. The van der Waals surface area contributed by atoms with E-state index in [9.17, 15) is 4.79 Å². The largest absolute Gasteiger partial charge is 0.462 e. The number of rotatable bonds is 2. The van der Waals surface area contributed by atoms with E-state index in [1.807, 2.05) is 0 Å². The lowest BCUT2D eigenvalue weighted by molar-refractivity contribution is -0.145. The molecule has 0 spiro atoms. The Morgan fingerprint density at radius 1 is 1.07 bits per heavy atom. The molecular weight excluding hydrogens is 188 g/mol. The van der Waals surface area contributed by atoms with E-state index in [1.165, 1.54) is 6.42 Å². The molecule has 2 heteroatoms. The molecule has 2 nitrogen and oxygen atoms in total. The van der Waals surface area contributed by atoms with Crippen LogP contribution in [0.15, 0.2) is 0 Å². The van der Waals surface area contributed by atoms with Crippen molar-refractivity contribution < 1.29 is 9.53 Å². The monoisotopic (exact) mass is 210 g/mol. The highest BCUT2D eigenvalue weighted by molar-refractivity contribution is 5.75. The molecule has 86 valence electrons. The van der Waals surface area contributed by atoms with Crippen LogP contribution in [0.25, 0.3) is 0 Å². The van der Waals surface area contributed by atoms with Crippen LogP contribution in [0.5, 0.6) is 0 Å². The summed E-state index contributed by atoms with van der Waals surface area (Å²) in [5.74, 6) is 2.63. The molecule has 0 radical (unpaired) electrons. The molecule has 2 rings (SSSR count). The summed E-state index contributed by atoms with van der Waals surface area (Å²) < 4.78 is 5.50. The van der Waals surface area contributed by atoms with Gasteiger partial charge in [-0.1, -0.05) is 27.7 Å². The molecule has 1 saturated heterocycles. The number of hydrogen-bond donors (Lipinski definition) is 0. The fourth-order valence-electron chi connectivity index (χ4n) is 3.31. The van der Waals surface area contributed by atoms with Gasteiger partial charge >= 0.3 is 5.97 Å². The maximum absolute atomic E-state index is 11.7. The van der Waals surface area contributed by atoms with E-state index in [1.54, 1.807) is 0 Å². The molecule has 1 aliphatic carbocycles. The Morgan fingerprint density at radius 3 is 2.20 bits per heavy atom. The highest BCUT2D eigenvalue weighted by Crippen LogP contribution is 2.47. The highest BCUT2D eigenvalue weighted by atomic mass is 16.6. The van der Waals surface area contributed by atoms with Gasteiger partial charge in [0.05, 0.1) is 5.92 Å². The molecule has 0 aromatic rings. The molecule has 1 heterocycles. The molecule has 1 saturated carbocycles. The van der Waals surface area contributed by atoms with Crippen molar-refractivity contribution in [2.24, 2.45) is 29.6 Å². The summed E-state index contributed by atoms with van der Waals surface area (Å²) >= 11 is 0. The van der Waals surface area contributed by atoms with Crippen molar-refractivity contribution in [2.75, 3.05) is 0 Å². The van der Waals surface area contributed by atoms with Gasteiger partial charge in [0, 0.05) is 0 Å². The van der Waals surface area contributed by atoms with Gasteiger partial charge in [0.25, 0.3) is 0 Å². The van der Waals surface area contributed by atoms with Crippen molar-refractivity contribution in [3.8, 4) is 0 Å². The van der Waals surface area contributed by atoms with Gasteiger partial charge in [0.2, 0.25) is 0 Å². The van der Waals surface area contributed by atoms with Crippen LogP contribution in [0.2, 0.25) is 0 Å². The molecule has 4 unspecified atom stereocenters. The minimum Gasteiger partial charge on any atom is -0.462 e. The average Bonchev–Trinajstić information content (AvgIpc) is 2.43. The zero-order valence-corrected chi connectivity index (χ0v) is 10.2. The molecule has 2 fully saturated rings. The lowest BCUT2D eigenvalue weighted by atomic mass is 9.67. The number of fused-ring (bicyclic) bond motifs is 2. The summed E-state index contributed by atoms with van der Waals surface area (Å²) in [6, 6.07) is 0. The lowest BCUT2D eigenvalue weighted by Crippen LogP contribution is -2.35. The van der Waals surface area contributed by atoms with Crippen molar-refractivity contribution in [2.45, 2.75) is 46.6 Å². The molecule has 15 heavy (non-hydrogen) atoms. The summed E-state index contributed by atoms with van der Waals surface area (Å²) in [7, 11) is 0. The number of carbonyl (C=O) groups is 1. The van der Waals surface area contributed by atoms with Crippen molar-refractivity contribution >= 4 is 5.97 Å². The van der Waals surface area contributed by atoms with Crippen LogP contribution in [0.3, 0.4) is 0 Å². The van der Waals surface area contributed by atoms with Gasteiger partial charge < -0.3 is 4.74 Å². The van der Waals surface area contributed by atoms with E-state index >= 15 is 0 Å². The minimum atomic E-state index is 0.0712. The number of carbonyl (C=O) groups excluding carboxylic acids is 1. The van der Waals surface area contributed by atoms with E-state index < -0.39 is 0 Å². The number of ether oxygens (including phenoxy) is 1. The van der Waals surface area contributed by atoms with E-state index in [0.717, 1.165) is 6.42 Å². The first-order chi connectivity index (χ1) is 7.00. The Morgan fingerprint density at radius 2 is 1.67 bits per heavy atom. The van der Waals surface area contributed by atoms with Crippen molar-refractivity contribution in [1.29, 1.82) is 0 Å². The zero-order valence-electron chi connectivity index (χ0n) is 10.2. The Bertz CT molecular complexity index is 257. The van der Waals surface area contributed by atoms with Crippen LogP contribution < -0.4 is 0 Å². The highest BCUT2D eigenvalue weighted by Gasteiger charge is 2.49. The van der Waals surface area contributed by atoms with Crippen LogP contribution in [-0.2, 0) is 9.53 Å². The lowest BCUT2D eigenvalue weighted by Gasteiger charge is -2.36. The van der Waals surface area contributed by atoms with Gasteiger partial charge in [-0.2, -0.15) is 0 Å². The molecule has 0 N–H and O–H groups in total. The normalized spacial score (nSPS) is 40.0. The minimum absolute atomic E-state index is 0.0712. The number of hydrogen-bond acceptors (Lipinski definition) is 2. The second-order valence-corrected chi connectivity index (χ2v) is 5.87. The van der Waals surface area contributed by atoms with Crippen molar-refractivity contribution in [3.63, 3.8) is 0 Å². The van der Waals surface area contributed by atoms with Crippen LogP contribution in [0, 0.1) is 29.6 Å². The third-order valence-corrected chi connectivity index (χ3v) is 4.31. The molecular formula is C13H22O2. The summed E-state index contributed by atoms with van der Waals surface area (Å²) in [4.78, 5) is 11.7. The van der Waals surface area contributed by atoms with Gasteiger partial charge in [-0.15, -0.1) is 0 Å². The molecule has 0 aromatic heterocycles. The van der Waals surface area contributed by atoms with E-state index in [0.29, 0.717) is 23.7 Å². The smallest absolute Gasteiger partial charge is 0.309 e. The Hall–Kier alpha value is -0.530. The molecule has 4 atom stereocenters. The first-order valence-electron chi connectivity index (χ1n) is 6.21. The van der Waals surface area contributed by atoms with E-state index in [4.69, 9.17) is 4.74 Å². The Kier molecular flexibility index (Phi) is 2.78. The summed E-state index contributed by atoms with van der Waals surface area (Å²) in [6.07, 6.45) is 2.37. The molecule has 1 aliphatic heterocycles. The second-order valence-electron chi connectivity index (χ2n) is 5.87. The van der Waals surface area contributed by atoms with Crippen molar-refractivity contribution in [1.82, 2.24) is 0 Å². The first kappa shape index (κ1) is 11.0. The SMILES string of the molecule is CC(C)C1CC(C(C)C)C2CC1OC2=O. The Balaban J connectivity index is 2.19. The fraction of sp³-hybridized carbons (Fsp3) is 0.923. The summed E-state index contributed by atoms with van der Waals surface area (Å²) in [5.41, 5.74) is 0. The third-order valence-electron chi connectivity index (χ3n) is 4.31. The second kappa shape index (κ2) is 3.80. The Labute approximate surface area is 92.4 Å². The van der Waals surface area contributed by atoms with E-state index in [-0.39, 0.29) is 18.0 Å². The van der Waals surface area contributed by atoms with Crippen LogP contribution >= 0.6 is 0 Å². The molecule has 0 aromatic carbocycles.